The predicted octanol–water partition coefficient (Wildman–Crippen LogP) is 2.50. The fourth-order valence-electron chi connectivity index (χ4n) is 1.95. The second-order valence-corrected chi connectivity index (χ2v) is 4.97. The third-order valence-electron chi connectivity index (χ3n) is 3.09. The maximum Gasteiger partial charge on any atom is 0.371 e. The fourth-order valence-corrected chi connectivity index (χ4v) is 1.95. The van der Waals surface area contributed by atoms with Gasteiger partial charge in [-0.15, -0.1) is 0 Å². The molecule has 0 radical (unpaired) electrons. The van der Waals surface area contributed by atoms with E-state index in [1.807, 2.05) is 0 Å². The van der Waals surface area contributed by atoms with Gasteiger partial charge in [-0.05, 0) is 36.4 Å². The lowest BCUT2D eigenvalue weighted by Gasteiger charge is -2.06. The van der Waals surface area contributed by atoms with E-state index in [1.165, 1.54) is 12.1 Å². The lowest BCUT2D eigenvalue weighted by Crippen LogP contribution is -2.10. The van der Waals surface area contributed by atoms with Crippen molar-refractivity contribution in [3.05, 3.63) is 59.6 Å². The van der Waals surface area contributed by atoms with Crippen molar-refractivity contribution in [2.75, 3.05) is 5.32 Å². The molecule has 25 heavy (non-hydrogen) atoms. The zero-order chi connectivity index (χ0) is 17.8. The molecule has 0 aliphatic rings. The number of nitrogens with one attached hydrogen (secondary N) is 1. The molecule has 0 aliphatic carbocycles. The highest BCUT2D eigenvalue weighted by Crippen LogP contribution is 2.18. The number of anilines is 1. The van der Waals surface area contributed by atoms with Crippen LogP contribution in [0.4, 0.5) is 5.69 Å². The molecule has 1 amide bonds. The summed E-state index contributed by atoms with van der Waals surface area (Å²) < 4.78 is 15.3. The summed E-state index contributed by atoms with van der Waals surface area (Å²) in [5, 5.41) is 15.1. The smallest absolute Gasteiger partial charge is 0.371 e. The molecule has 1 aromatic carbocycles. The van der Waals surface area contributed by atoms with Gasteiger partial charge in [0.15, 0.2) is 12.4 Å². The zero-order valence-corrected chi connectivity index (χ0v) is 13.1. The molecule has 2 heterocycles. The molecule has 9 heteroatoms. The van der Waals surface area contributed by atoms with E-state index in [4.69, 9.17) is 18.8 Å². The van der Waals surface area contributed by atoms with Crippen LogP contribution in [0, 0.1) is 6.92 Å². The number of furan rings is 1. The number of hydrogen-bond donors (Lipinski definition) is 2. The lowest BCUT2D eigenvalue weighted by atomic mass is 10.3. The van der Waals surface area contributed by atoms with Gasteiger partial charge in [0.2, 0.25) is 17.5 Å². The Bertz CT molecular complexity index is 897. The number of rotatable bonds is 6. The molecule has 128 valence electrons. The van der Waals surface area contributed by atoms with Crippen molar-refractivity contribution < 1.29 is 28.4 Å². The van der Waals surface area contributed by atoms with Crippen molar-refractivity contribution in [3.8, 4) is 5.75 Å². The van der Waals surface area contributed by atoms with Gasteiger partial charge in [-0.25, -0.2) is 4.79 Å². The number of carbonyl (C=O) groups is 2. The normalized spacial score (nSPS) is 10.4. The summed E-state index contributed by atoms with van der Waals surface area (Å²) in [6, 6.07) is 9.10. The summed E-state index contributed by atoms with van der Waals surface area (Å²) in [6.07, 6.45) is 0. The molecule has 0 fully saturated rings. The Morgan fingerprint density at radius 2 is 1.88 bits per heavy atom. The number of benzene rings is 1. The number of carboxylic acid groups (broad SMARTS) is 1. The van der Waals surface area contributed by atoms with E-state index in [0.717, 1.165) is 0 Å². The Balaban J connectivity index is 1.58. The van der Waals surface area contributed by atoms with E-state index in [0.29, 0.717) is 23.2 Å². The van der Waals surface area contributed by atoms with Crippen molar-refractivity contribution in [1.82, 2.24) is 10.1 Å². The topological polar surface area (TPSA) is 128 Å². The second kappa shape index (κ2) is 6.87. The molecule has 0 saturated carbocycles. The molecule has 2 N–H and O–H groups in total. The molecular formula is C16H13N3O6. The van der Waals surface area contributed by atoms with Crippen molar-refractivity contribution in [2.45, 2.75) is 13.5 Å². The van der Waals surface area contributed by atoms with E-state index in [2.05, 4.69) is 15.5 Å². The highest BCUT2D eigenvalue weighted by Gasteiger charge is 2.15. The molecule has 0 unspecified atom stereocenters. The molecule has 0 atom stereocenters. The standard InChI is InChI=1S/C16H13N3O6/c1-9-17-14(19-25-9)8-23-11-4-2-10(3-5-11)18-15(20)12-6-7-13(24-12)16(21)22/h2-7H,8H2,1H3,(H,18,20)(H,21,22). The Hall–Kier alpha value is -3.62. The fraction of sp³-hybridized carbons (Fsp3) is 0.125. The SMILES string of the molecule is Cc1nc(COc2ccc(NC(=O)c3ccc(C(=O)O)o3)cc2)no1. The molecular weight excluding hydrogens is 330 g/mol. The summed E-state index contributed by atoms with van der Waals surface area (Å²) in [7, 11) is 0. The first-order valence-electron chi connectivity index (χ1n) is 7.18. The molecule has 0 bridgehead atoms. The van der Waals surface area contributed by atoms with Crippen LogP contribution in [0.15, 0.2) is 45.3 Å². The van der Waals surface area contributed by atoms with E-state index >= 15 is 0 Å². The van der Waals surface area contributed by atoms with Crippen molar-refractivity contribution >= 4 is 17.6 Å². The van der Waals surface area contributed by atoms with Gasteiger partial charge in [0.05, 0.1) is 0 Å². The quantitative estimate of drug-likeness (QED) is 0.698. The highest BCUT2D eigenvalue weighted by atomic mass is 16.5. The zero-order valence-electron chi connectivity index (χ0n) is 13.1. The van der Waals surface area contributed by atoms with Gasteiger partial charge in [0.1, 0.15) is 5.75 Å². The lowest BCUT2D eigenvalue weighted by molar-refractivity contribution is 0.0660. The minimum absolute atomic E-state index is 0.0924. The minimum Gasteiger partial charge on any atom is -0.485 e. The first kappa shape index (κ1) is 16.2. The number of aryl methyl sites for hydroxylation is 1. The molecule has 2 aromatic heterocycles. The number of nitrogens with zero attached hydrogens (tertiary/aromatic N) is 2. The molecule has 0 saturated heterocycles. The number of aromatic carboxylic acids is 1. The number of carboxylic acids is 1. The predicted molar refractivity (Wildman–Crippen MR) is 83.4 cm³/mol. The molecule has 0 aliphatic heterocycles. The average Bonchev–Trinajstić information content (AvgIpc) is 3.23. The third kappa shape index (κ3) is 4.02. The van der Waals surface area contributed by atoms with E-state index in [-0.39, 0.29) is 18.1 Å². The second-order valence-electron chi connectivity index (χ2n) is 4.97. The van der Waals surface area contributed by atoms with Gasteiger partial charge in [0, 0.05) is 12.6 Å². The van der Waals surface area contributed by atoms with Gasteiger partial charge >= 0.3 is 5.97 Å². The van der Waals surface area contributed by atoms with Gasteiger partial charge < -0.3 is 24.1 Å². The summed E-state index contributed by atoms with van der Waals surface area (Å²) in [6.45, 7) is 1.85. The largest absolute Gasteiger partial charge is 0.485 e. The van der Waals surface area contributed by atoms with Gasteiger partial charge in [-0.3, -0.25) is 4.79 Å². The van der Waals surface area contributed by atoms with Crippen molar-refractivity contribution in [3.63, 3.8) is 0 Å². The summed E-state index contributed by atoms with van der Waals surface area (Å²) >= 11 is 0. The van der Waals surface area contributed by atoms with Crippen LogP contribution in [-0.4, -0.2) is 27.1 Å². The molecule has 0 spiro atoms. The van der Waals surface area contributed by atoms with Crippen LogP contribution in [0.5, 0.6) is 5.75 Å². The number of hydrogen-bond acceptors (Lipinski definition) is 7. The number of ether oxygens (including phenoxy) is 1. The van der Waals surface area contributed by atoms with E-state index in [1.54, 1.807) is 31.2 Å². The Morgan fingerprint density at radius 1 is 1.16 bits per heavy atom. The molecule has 3 aromatic rings. The minimum atomic E-state index is -1.24. The van der Waals surface area contributed by atoms with Crippen LogP contribution in [0.1, 0.15) is 32.8 Å². The van der Waals surface area contributed by atoms with Crippen LogP contribution in [-0.2, 0) is 6.61 Å². The third-order valence-corrected chi connectivity index (χ3v) is 3.09. The average molecular weight is 343 g/mol. The van der Waals surface area contributed by atoms with E-state index in [9.17, 15) is 9.59 Å². The monoisotopic (exact) mass is 343 g/mol. The van der Waals surface area contributed by atoms with Gasteiger partial charge in [0.25, 0.3) is 5.91 Å². The van der Waals surface area contributed by atoms with Crippen LogP contribution >= 0.6 is 0 Å². The first-order chi connectivity index (χ1) is 12.0. The van der Waals surface area contributed by atoms with Crippen LogP contribution < -0.4 is 10.1 Å². The summed E-state index contributed by atoms with van der Waals surface area (Å²) in [5.74, 6) is -0.731. The molecule has 9 nitrogen and oxygen atoms in total. The van der Waals surface area contributed by atoms with Crippen LogP contribution in [0.3, 0.4) is 0 Å². The number of amides is 1. The highest BCUT2D eigenvalue weighted by molar-refractivity contribution is 6.02. The van der Waals surface area contributed by atoms with E-state index < -0.39 is 11.9 Å². The molecule has 3 rings (SSSR count). The van der Waals surface area contributed by atoms with Crippen molar-refractivity contribution in [2.24, 2.45) is 0 Å². The van der Waals surface area contributed by atoms with Crippen LogP contribution in [0.2, 0.25) is 0 Å². The van der Waals surface area contributed by atoms with Crippen LogP contribution in [0.25, 0.3) is 0 Å². The first-order valence-corrected chi connectivity index (χ1v) is 7.18. The summed E-state index contributed by atoms with van der Waals surface area (Å²) in [5.41, 5.74) is 0.501. The Kier molecular flexibility index (Phi) is 4.46. The van der Waals surface area contributed by atoms with Crippen molar-refractivity contribution in [1.29, 1.82) is 0 Å². The number of carbonyl (C=O) groups excluding carboxylic acids is 1. The Labute approximate surface area is 141 Å². The Morgan fingerprint density at radius 3 is 2.48 bits per heavy atom. The van der Waals surface area contributed by atoms with Gasteiger partial charge in [-0.1, -0.05) is 5.16 Å². The maximum absolute atomic E-state index is 12.0. The van der Waals surface area contributed by atoms with Gasteiger partial charge in [-0.2, -0.15) is 4.98 Å². The number of aromatic nitrogens is 2. The maximum atomic E-state index is 12.0. The summed E-state index contributed by atoms with van der Waals surface area (Å²) in [4.78, 5) is 26.8.